The molecule has 0 saturated heterocycles. The van der Waals surface area contributed by atoms with Crippen LogP contribution in [0.2, 0.25) is 10.0 Å². The monoisotopic (exact) mass is 454 g/mol. The van der Waals surface area contributed by atoms with Crippen LogP contribution in [-0.2, 0) is 11.4 Å². The lowest BCUT2D eigenvalue weighted by Crippen LogP contribution is -2.14. The molecule has 1 heterocycles. The van der Waals surface area contributed by atoms with Crippen LogP contribution in [0.1, 0.15) is 5.89 Å². The third kappa shape index (κ3) is 6.08. The Labute approximate surface area is 178 Å². The first-order valence-electron chi connectivity index (χ1n) is 7.98. The quantitative estimate of drug-likeness (QED) is 0.297. The molecule has 0 unspecified atom stereocenters. The summed E-state index contributed by atoms with van der Waals surface area (Å²) in [4.78, 5) is 22.3. The number of non-ortho nitro benzene ring substituents is 1. The number of benzene rings is 2. The van der Waals surface area contributed by atoms with Gasteiger partial charge in [0.25, 0.3) is 16.8 Å². The predicted octanol–water partition coefficient (Wildman–Crippen LogP) is 4.59. The number of rotatable bonds is 8. The molecule has 0 saturated carbocycles. The van der Waals surface area contributed by atoms with Gasteiger partial charge >= 0.3 is 0 Å². The molecular weight excluding hydrogens is 443 g/mol. The van der Waals surface area contributed by atoms with Crippen molar-refractivity contribution in [3.63, 3.8) is 0 Å². The number of aromatic nitrogens is 2. The van der Waals surface area contributed by atoms with E-state index in [0.717, 1.165) is 11.8 Å². The minimum atomic E-state index is -0.577. The number of nitro benzene ring substituents is 1. The Morgan fingerprint density at radius 2 is 1.97 bits per heavy atom. The first-order valence-corrected chi connectivity index (χ1v) is 9.72. The van der Waals surface area contributed by atoms with E-state index < -0.39 is 10.8 Å². The summed E-state index contributed by atoms with van der Waals surface area (Å²) in [5.41, 5.74) is -0.0337. The van der Waals surface area contributed by atoms with Gasteiger partial charge in [0, 0.05) is 17.2 Å². The van der Waals surface area contributed by atoms with Crippen LogP contribution in [0.25, 0.3) is 0 Å². The number of anilines is 1. The van der Waals surface area contributed by atoms with E-state index in [4.69, 9.17) is 32.4 Å². The highest BCUT2D eigenvalue weighted by Crippen LogP contribution is 2.27. The van der Waals surface area contributed by atoms with E-state index in [1.54, 1.807) is 24.3 Å². The minimum Gasteiger partial charge on any atom is -0.484 e. The molecule has 2 aromatic carbocycles. The fourth-order valence-corrected chi connectivity index (χ4v) is 2.94. The van der Waals surface area contributed by atoms with Crippen LogP contribution < -0.4 is 10.1 Å². The molecule has 3 aromatic rings. The molecule has 9 nitrogen and oxygen atoms in total. The standard InChI is InChI=1S/C17H12Cl2N4O5S/c18-10-1-4-12(5-2-10)27-8-16-21-22-17(28-16)29-9-15(24)20-14-7-11(23(25)26)3-6-13(14)19/h1-7H,8-9H2,(H,20,24). The van der Waals surface area contributed by atoms with E-state index in [1.165, 1.54) is 18.2 Å². The number of thioether (sulfide) groups is 1. The molecule has 29 heavy (non-hydrogen) atoms. The second-order valence-corrected chi connectivity index (χ2v) is 7.23. The predicted molar refractivity (Wildman–Crippen MR) is 108 cm³/mol. The zero-order valence-corrected chi connectivity index (χ0v) is 16.8. The van der Waals surface area contributed by atoms with Crippen LogP contribution in [0.5, 0.6) is 5.75 Å². The number of nitrogens with zero attached hydrogens (tertiary/aromatic N) is 3. The van der Waals surface area contributed by atoms with E-state index in [2.05, 4.69) is 15.5 Å². The molecule has 0 fully saturated rings. The number of nitro groups is 1. The Bertz CT molecular complexity index is 1030. The summed E-state index contributed by atoms with van der Waals surface area (Å²) in [7, 11) is 0. The maximum atomic E-state index is 12.1. The van der Waals surface area contributed by atoms with E-state index in [-0.39, 0.29) is 39.9 Å². The van der Waals surface area contributed by atoms with Gasteiger partial charge in [0.1, 0.15) is 5.75 Å². The highest BCUT2D eigenvalue weighted by atomic mass is 35.5. The number of nitrogens with one attached hydrogen (secondary N) is 1. The van der Waals surface area contributed by atoms with Crippen LogP contribution in [0.3, 0.4) is 0 Å². The number of carbonyl (C=O) groups is 1. The number of carbonyl (C=O) groups excluding carboxylic acids is 1. The molecule has 3 rings (SSSR count). The van der Waals surface area contributed by atoms with Crippen molar-refractivity contribution in [2.45, 2.75) is 11.8 Å². The fraction of sp³-hybridized carbons (Fsp3) is 0.118. The van der Waals surface area contributed by atoms with Gasteiger partial charge in [-0.1, -0.05) is 35.0 Å². The number of hydrogen-bond acceptors (Lipinski definition) is 8. The average Bonchev–Trinajstić information content (AvgIpc) is 3.15. The molecule has 1 aromatic heterocycles. The van der Waals surface area contributed by atoms with Crippen LogP contribution in [-0.4, -0.2) is 26.8 Å². The Kier molecular flexibility index (Phi) is 6.91. The summed E-state index contributed by atoms with van der Waals surface area (Å²) in [5.74, 6) is 0.341. The van der Waals surface area contributed by atoms with Gasteiger partial charge in [-0.05, 0) is 30.3 Å². The Morgan fingerprint density at radius 1 is 1.21 bits per heavy atom. The Morgan fingerprint density at radius 3 is 2.69 bits per heavy atom. The zero-order chi connectivity index (χ0) is 20.8. The third-order valence-electron chi connectivity index (χ3n) is 3.39. The summed E-state index contributed by atoms with van der Waals surface area (Å²) in [5, 5.41) is 22.0. The smallest absolute Gasteiger partial charge is 0.277 e. The molecule has 150 valence electrons. The van der Waals surface area contributed by atoms with E-state index >= 15 is 0 Å². The Balaban J connectivity index is 1.50. The number of ether oxygens (including phenoxy) is 1. The molecule has 0 radical (unpaired) electrons. The Hall–Kier alpha value is -2.82. The highest BCUT2D eigenvalue weighted by molar-refractivity contribution is 7.99. The summed E-state index contributed by atoms with van der Waals surface area (Å²) in [6, 6.07) is 10.6. The SMILES string of the molecule is O=C(CSc1nnc(COc2ccc(Cl)cc2)o1)Nc1cc([N+](=O)[O-])ccc1Cl. The van der Waals surface area contributed by atoms with Crippen molar-refractivity contribution in [3.05, 3.63) is 68.5 Å². The summed E-state index contributed by atoms with van der Waals surface area (Å²) >= 11 is 12.8. The third-order valence-corrected chi connectivity index (χ3v) is 4.79. The molecule has 0 aliphatic rings. The van der Waals surface area contributed by atoms with Gasteiger partial charge in [0.2, 0.25) is 5.91 Å². The van der Waals surface area contributed by atoms with E-state index in [1.807, 2.05) is 0 Å². The summed E-state index contributed by atoms with van der Waals surface area (Å²) in [6.45, 7) is 0.0602. The molecule has 0 aliphatic carbocycles. The van der Waals surface area contributed by atoms with Crippen LogP contribution >= 0.6 is 35.0 Å². The fourth-order valence-electron chi connectivity index (χ4n) is 2.07. The molecule has 0 bridgehead atoms. The highest BCUT2D eigenvalue weighted by Gasteiger charge is 2.14. The largest absolute Gasteiger partial charge is 0.484 e. The first-order chi connectivity index (χ1) is 13.9. The molecule has 0 aliphatic heterocycles. The molecule has 1 amide bonds. The van der Waals surface area contributed by atoms with Crippen molar-refractivity contribution < 1.29 is 18.9 Å². The van der Waals surface area contributed by atoms with Gasteiger partial charge in [0.05, 0.1) is 21.4 Å². The van der Waals surface area contributed by atoms with Crippen molar-refractivity contribution in [1.29, 1.82) is 0 Å². The molecule has 12 heteroatoms. The topological polar surface area (TPSA) is 120 Å². The second-order valence-electron chi connectivity index (χ2n) is 5.46. The number of hydrogen-bond donors (Lipinski definition) is 1. The first kappa shape index (κ1) is 20.9. The van der Waals surface area contributed by atoms with Crippen molar-refractivity contribution in [3.8, 4) is 5.75 Å². The lowest BCUT2D eigenvalue weighted by atomic mass is 10.3. The van der Waals surface area contributed by atoms with E-state index in [9.17, 15) is 14.9 Å². The van der Waals surface area contributed by atoms with Crippen LogP contribution in [0.15, 0.2) is 52.1 Å². The molecule has 0 atom stereocenters. The average molecular weight is 455 g/mol. The minimum absolute atomic E-state index is 0.0568. The zero-order valence-electron chi connectivity index (χ0n) is 14.5. The van der Waals surface area contributed by atoms with Gasteiger partial charge < -0.3 is 14.5 Å². The van der Waals surface area contributed by atoms with E-state index in [0.29, 0.717) is 10.8 Å². The second kappa shape index (κ2) is 9.59. The molecule has 0 spiro atoms. The van der Waals surface area contributed by atoms with Gasteiger partial charge in [-0.3, -0.25) is 14.9 Å². The number of halogens is 2. The molecular formula is C17H12Cl2N4O5S. The van der Waals surface area contributed by atoms with Crippen molar-refractivity contribution in [2.75, 3.05) is 11.1 Å². The summed E-state index contributed by atoms with van der Waals surface area (Å²) < 4.78 is 10.9. The van der Waals surface area contributed by atoms with Gasteiger partial charge in [0.15, 0.2) is 6.61 Å². The number of amides is 1. The maximum Gasteiger partial charge on any atom is 0.277 e. The summed E-state index contributed by atoms with van der Waals surface area (Å²) in [6.07, 6.45) is 0. The lowest BCUT2D eigenvalue weighted by molar-refractivity contribution is -0.384. The van der Waals surface area contributed by atoms with Crippen LogP contribution in [0, 0.1) is 10.1 Å². The van der Waals surface area contributed by atoms with Crippen molar-refractivity contribution >= 4 is 52.2 Å². The van der Waals surface area contributed by atoms with Gasteiger partial charge in [-0.2, -0.15) is 0 Å². The van der Waals surface area contributed by atoms with Crippen molar-refractivity contribution in [1.82, 2.24) is 10.2 Å². The van der Waals surface area contributed by atoms with Crippen molar-refractivity contribution in [2.24, 2.45) is 0 Å². The maximum absolute atomic E-state index is 12.1. The lowest BCUT2D eigenvalue weighted by Gasteiger charge is -2.06. The van der Waals surface area contributed by atoms with Gasteiger partial charge in [-0.25, -0.2) is 0 Å². The van der Waals surface area contributed by atoms with Gasteiger partial charge in [-0.15, -0.1) is 10.2 Å². The molecule has 1 N–H and O–H groups in total. The van der Waals surface area contributed by atoms with Crippen LogP contribution in [0.4, 0.5) is 11.4 Å². The normalized spacial score (nSPS) is 10.6.